The summed E-state index contributed by atoms with van der Waals surface area (Å²) in [5.41, 5.74) is 1.84. The molecule has 0 atom stereocenters. The zero-order valence-electron chi connectivity index (χ0n) is 18.4. The first-order valence-corrected chi connectivity index (χ1v) is 11.0. The fraction of sp³-hybridized carbons (Fsp3) is 0.391. The van der Waals surface area contributed by atoms with E-state index < -0.39 is 5.60 Å². The lowest BCUT2D eigenvalue weighted by molar-refractivity contribution is 0.00645. The van der Waals surface area contributed by atoms with Crippen molar-refractivity contribution in [1.82, 2.24) is 20.0 Å². The number of piperidine rings is 1. The zero-order chi connectivity index (χ0) is 22.9. The minimum Gasteiger partial charge on any atom is -0.390 e. The molecular weight excluding hydrogens is 428 g/mol. The van der Waals surface area contributed by atoms with Gasteiger partial charge in [0.25, 0.3) is 5.91 Å². The topological polar surface area (TPSA) is 96.2 Å². The van der Waals surface area contributed by atoms with Gasteiger partial charge in [0.05, 0.1) is 29.4 Å². The number of amides is 1. The Morgan fingerprint density at radius 1 is 1.19 bits per heavy atom. The Kier molecular flexibility index (Phi) is 6.17. The van der Waals surface area contributed by atoms with Crippen molar-refractivity contribution in [3.63, 3.8) is 0 Å². The van der Waals surface area contributed by atoms with Gasteiger partial charge < -0.3 is 15.3 Å². The van der Waals surface area contributed by atoms with Crippen molar-refractivity contribution in [2.45, 2.75) is 39.2 Å². The molecule has 168 valence electrons. The maximum absolute atomic E-state index is 12.6. The highest BCUT2D eigenvalue weighted by atomic mass is 35.5. The van der Waals surface area contributed by atoms with Crippen LogP contribution in [0.2, 0.25) is 5.02 Å². The fourth-order valence-corrected chi connectivity index (χ4v) is 4.15. The second-order valence-electron chi connectivity index (χ2n) is 8.73. The van der Waals surface area contributed by atoms with E-state index in [1.807, 2.05) is 26.8 Å². The molecule has 3 heterocycles. The van der Waals surface area contributed by atoms with E-state index in [1.54, 1.807) is 30.5 Å². The molecule has 3 aromatic rings. The Balaban J connectivity index is 1.41. The van der Waals surface area contributed by atoms with Gasteiger partial charge in [-0.15, -0.1) is 5.10 Å². The number of anilines is 2. The molecule has 2 N–H and O–H groups in total. The van der Waals surface area contributed by atoms with Gasteiger partial charge in [-0.2, -0.15) is 9.90 Å². The first kappa shape index (κ1) is 22.2. The summed E-state index contributed by atoms with van der Waals surface area (Å²) < 4.78 is 0. The van der Waals surface area contributed by atoms with E-state index in [0.29, 0.717) is 22.3 Å². The average molecular weight is 455 g/mol. The lowest BCUT2D eigenvalue weighted by Gasteiger charge is -2.38. The smallest absolute Gasteiger partial charge is 0.277 e. The van der Waals surface area contributed by atoms with Gasteiger partial charge in [0.2, 0.25) is 0 Å². The quantitative estimate of drug-likeness (QED) is 0.607. The predicted octanol–water partition coefficient (Wildman–Crippen LogP) is 3.86. The highest BCUT2D eigenvalue weighted by Crippen LogP contribution is 2.31. The molecule has 2 aromatic heterocycles. The molecule has 1 amide bonds. The van der Waals surface area contributed by atoms with Crippen LogP contribution in [0.3, 0.4) is 0 Å². The van der Waals surface area contributed by atoms with Crippen LogP contribution >= 0.6 is 11.6 Å². The Bertz CT molecular complexity index is 1100. The predicted molar refractivity (Wildman–Crippen MR) is 125 cm³/mol. The largest absolute Gasteiger partial charge is 0.390 e. The number of hydrogen-bond donors (Lipinski definition) is 2. The number of benzene rings is 1. The molecule has 0 radical (unpaired) electrons. The highest BCUT2D eigenvalue weighted by molar-refractivity contribution is 6.30. The Hall–Kier alpha value is -2.97. The monoisotopic (exact) mass is 454 g/mol. The van der Waals surface area contributed by atoms with E-state index >= 15 is 0 Å². The lowest BCUT2D eigenvalue weighted by Crippen LogP contribution is -2.42. The summed E-state index contributed by atoms with van der Waals surface area (Å²) in [6.45, 7) is 7.44. The van der Waals surface area contributed by atoms with Crippen LogP contribution in [0.1, 0.15) is 42.7 Å². The highest BCUT2D eigenvalue weighted by Gasteiger charge is 2.31. The maximum atomic E-state index is 12.6. The molecule has 1 aromatic carbocycles. The number of aromatic nitrogens is 4. The molecule has 0 spiro atoms. The van der Waals surface area contributed by atoms with Crippen LogP contribution in [0.25, 0.3) is 5.69 Å². The van der Waals surface area contributed by atoms with E-state index in [0.717, 1.165) is 37.3 Å². The first-order valence-electron chi connectivity index (χ1n) is 10.6. The molecular formula is C23H27ClN6O2. The second kappa shape index (κ2) is 8.88. The minimum atomic E-state index is -0.655. The van der Waals surface area contributed by atoms with Gasteiger partial charge in [0.1, 0.15) is 5.82 Å². The van der Waals surface area contributed by atoms with E-state index in [4.69, 9.17) is 11.6 Å². The number of pyridine rings is 1. The lowest BCUT2D eigenvalue weighted by atomic mass is 9.83. The maximum Gasteiger partial charge on any atom is 0.277 e. The third kappa shape index (κ3) is 4.92. The molecule has 8 nitrogen and oxygen atoms in total. The van der Waals surface area contributed by atoms with Crippen molar-refractivity contribution in [3.05, 3.63) is 59.0 Å². The Morgan fingerprint density at radius 2 is 1.88 bits per heavy atom. The number of carbonyl (C=O) groups excluding carboxylic acids is 1. The van der Waals surface area contributed by atoms with Gasteiger partial charge in [-0.3, -0.25) is 4.79 Å². The Labute approximate surface area is 192 Å². The summed E-state index contributed by atoms with van der Waals surface area (Å²) in [5, 5.41) is 22.1. The van der Waals surface area contributed by atoms with Gasteiger partial charge in [0, 0.05) is 18.1 Å². The van der Waals surface area contributed by atoms with E-state index in [-0.39, 0.29) is 11.6 Å². The second-order valence-corrected chi connectivity index (χ2v) is 9.17. The summed E-state index contributed by atoms with van der Waals surface area (Å²) in [5.74, 6) is 0.843. The van der Waals surface area contributed by atoms with Crippen molar-refractivity contribution in [2.75, 3.05) is 23.3 Å². The Morgan fingerprint density at radius 3 is 2.50 bits per heavy atom. The zero-order valence-corrected chi connectivity index (χ0v) is 19.2. The van der Waals surface area contributed by atoms with Gasteiger partial charge in [-0.05, 0) is 75.4 Å². The van der Waals surface area contributed by atoms with E-state index in [2.05, 4.69) is 25.4 Å². The number of nitrogens with zero attached hydrogens (tertiary/aromatic N) is 5. The molecule has 9 heteroatoms. The number of rotatable bonds is 5. The molecule has 1 fully saturated rings. The summed E-state index contributed by atoms with van der Waals surface area (Å²) in [6, 6.07) is 8.94. The van der Waals surface area contributed by atoms with E-state index in [9.17, 15) is 9.90 Å². The van der Waals surface area contributed by atoms with Crippen molar-refractivity contribution in [3.8, 4) is 5.69 Å². The van der Waals surface area contributed by atoms with Crippen molar-refractivity contribution in [2.24, 2.45) is 5.92 Å². The molecule has 4 rings (SSSR count). The summed E-state index contributed by atoms with van der Waals surface area (Å²) in [6.07, 6.45) is 4.93. The molecule has 0 aliphatic carbocycles. The molecule has 0 unspecified atom stereocenters. The number of halogens is 1. The number of nitrogens with one attached hydrogen (secondary N) is 1. The van der Waals surface area contributed by atoms with Crippen LogP contribution < -0.4 is 10.2 Å². The van der Waals surface area contributed by atoms with Gasteiger partial charge in [-0.25, -0.2) is 4.98 Å². The van der Waals surface area contributed by atoms with Crippen LogP contribution in [0.15, 0.2) is 42.7 Å². The molecule has 0 bridgehead atoms. The molecule has 1 saturated heterocycles. The molecule has 0 saturated carbocycles. The van der Waals surface area contributed by atoms with Crippen molar-refractivity contribution in [1.29, 1.82) is 0 Å². The molecule has 1 aliphatic rings. The minimum absolute atomic E-state index is 0.204. The van der Waals surface area contributed by atoms with E-state index in [1.165, 1.54) is 11.0 Å². The van der Waals surface area contributed by atoms with Crippen LogP contribution in [-0.4, -0.2) is 49.7 Å². The normalized spacial score (nSPS) is 15.1. The molecule has 1 aliphatic heterocycles. The van der Waals surface area contributed by atoms with Crippen LogP contribution in [0.5, 0.6) is 0 Å². The number of aliphatic hydroxyl groups is 1. The van der Waals surface area contributed by atoms with Crippen molar-refractivity contribution < 1.29 is 9.90 Å². The number of carbonyl (C=O) groups is 1. The van der Waals surface area contributed by atoms with Crippen LogP contribution in [-0.2, 0) is 0 Å². The average Bonchev–Trinajstić information content (AvgIpc) is 3.24. The summed E-state index contributed by atoms with van der Waals surface area (Å²) >= 11 is 5.91. The van der Waals surface area contributed by atoms with Gasteiger partial charge in [0.15, 0.2) is 5.69 Å². The van der Waals surface area contributed by atoms with Gasteiger partial charge >= 0.3 is 0 Å². The van der Waals surface area contributed by atoms with Gasteiger partial charge in [-0.1, -0.05) is 11.6 Å². The third-order valence-electron chi connectivity index (χ3n) is 5.88. The fourth-order valence-electron chi connectivity index (χ4n) is 4.03. The third-order valence-corrected chi connectivity index (χ3v) is 6.14. The van der Waals surface area contributed by atoms with Crippen molar-refractivity contribution >= 4 is 29.0 Å². The standard InChI is InChI=1S/C23H27ClN6O2/c1-15-12-18(13-25-21(15)29-10-8-16(9-11-29)23(2,3)32)27-22(31)20-14-26-30(28-20)19-6-4-17(24)5-7-19/h4-7,12-14,16,32H,8-11H2,1-3H3,(H,27,31). The summed E-state index contributed by atoms with van der Waals surface area (Å²) in [4.78, 5) is 20.8. The SMILES string of the molecule is Cc1cc(NC(=O)c2cnn(-c3ccc(Cl)cc3)n2)cnc1N1CCC(C(C)(C)O)CC1. The summed E-state index contributed by atoms with van der Waals surface area (Å²) in [7, 11) is 0. The van der Waals surface area contributed by atoms with Crippen LogP contribution in [0.4, 0.5) is 11.5 Å². The molecule has 32 heavy (non-hydrogen) atoms. The number of aryl methyl sites for hydroxylation is 1. The first-order chi connectivity index (χ1) is 15.2. The van der Waals surface area contributed by atoms with Crippen LogP contribution in [0, 0.1) is 12.8 Å². The number of hydrogen-bond acceptors (Lipinski definition) is 6.